The van der Waals surface area contributed by atoms with E-state index in [1.807, 2.05) is 12.1 Å². The van der Waals surface area contributed by atoms with Crippen LogP contribution >= 0.6 is 0 Å². The van der Waals surface area contributed by atoms with Gasteiger partial charge in [0.1, 0.15) is 0 Å². The summed E-state index contributed by atoms with van der Waals surface area (Å²) in [6, 6.07) is 12.8. The number of carbonyl (C=O) groups excluding carboxylic acids is 2. The number of rotatable bonds is 5. The number of aliphatic hydroxyl groups excluding tert-OH is 1. The molecule has 4 heteroatoms. The SMILES string of the molecule is CC1(C)CCC(C)(C)c2cc(C(=O)c3ccccc3C(=O)NCCO)ccc21. The van der Waals surface area contributed by atoms with Crippen LogP contribution in [0.2, 0.25) is 0 Å². The number of amides is 1. The van der Waals surface area contributed by atoms with E-state index in [0.29, 0.717) is 16.7 Å². The highest BCUT2D eigenvalue weighted by Gasteiger charge is 2.37. The molecule has 0 heterocycles. The van der Waals surface area contributed by atoms with Crippen LogP contribution in [-0.4, -0.2) is 29.9 Å². The van der Waals surface area contributed by atoms with Crippen molar-refractivity contribution in [1.82, 2.24) is 5.32 Å². The first-order valence-corrected chi connectivity index (χ1v) is 9.85. The van der Waals surface area contributed by atoms with E-state index in [-0.39, 0.29) is 35.7 Å². The van der Waals surface area contributed by atoms with Crippen molar-refractivity contribution in [2.24, 2.45) is 0 Å². The van der Waals surface area contributed by atoms with Gasteiger partial charge in [0, 0.05) is 17.7 Å². The summed E-state index contributed by atoms with van der Waals surface area (Å²) in [4.78, 5) is 25.7. The number of ketones is 1. The standard InChI is InChI=1S/C24H29NO3/c1-23(2)11-12-24(3,4)20-15-16(9-10-19(20)23)21(27)17-7-5-6-8-18(17)22(28)25-13-14-26/h5-10,15,26H,11-14H2,1-4H3,(H,25,28). The third-order valence-corrected chi connectivity index (χ3v) is 5.93. The van der Waals surface area contributed by atoms with Gasteiger partial charge in [-0.25, -0.2) is 0 Å². The predicted molar refractivity (Wildman–Crippen MR) is 111 cm³/mol. The van der Waals surface area contributed by atoms with Crippen LogP contribution in [0, 0.1) is 0 Å². The summed E-state index contributed by atoms with van der Waals surface area (Å²) in [6.07, 6.45) is 2.19. The zero-order chi connectivity index (χ0) is 20.5. The number of hydrogen-bond donors (Lipinski definition) is 2. The summed E-state index contributed by atoms with van der Waals surface area (Å²) < 4.78 is 0. The maximum Gasteiger partial charge on any atom is 0.252 e. The number of fused-ring (bicyclic) bond motifs is 1. The summed E-state index contributed by atoms with van der Waals surface area (Å²) in [7, 11) is 0. The van der Waals surface area contributed by atoms with Gasteiger partial charge < -0.3 is 10.4 Å². The molecule has 0 radical (unpaired) electrons. The van der Waals surface area contributed by atoms with Gasteiger partial charge in [0.25, 0.3) is 5.91 Å². The molecular formula is C24H29NO3. The second kappa shape index (κ2) is 7.51. The van der Waals surface area contributed by atoms with E-state index >= 15 is 0 Å². The highest BCUT2D eigenvalue weighted by molar-refractivity contribution is 6.15. The van der Waals surface area contributed by atoms with Gasteiger partial charge in [-0.3, -0.25) is 9.59 Å². The van der Waals surface area contributed by atoms with E-state index in [0.717, 1.165) is 12.8 Å². The molecule has 1 amide bonds. The Labute approximate surface area is 167 Å². The molecule has 28 heavy (non-hydrogen) atoms. The Morgan fingerprint density at radius 2 is 1.54 bits per heavy atom. The van der Waals surface area contributed by atoms with Crippen LogP contribution < -0.4 is 5.32 Å². The van der Waals surface area contributed by atoms with E-state index < -0.39 is 0 Å². The lowest BCUT2D eigenvalue weighted by molar-refractivity contribution is 0.0934. The zero-order valence-corrected chi connectivity index (χ0v) is 17.1. The summed E-state index contributed by atoms with van der Waals surface area (Å²) in [5, 5.41) is 11.6. The Morgan fingerprint density at radius 3 is 2.18 bits per heavy atom. The molecule has 2 aromatic carbocycles. The van der Waals surface area contributed by atoms with Crippen LogP contribution in [0.1, 0.15) is 77.9 Å². The quantitative estimate of drug-likeness (QED) is 0.772. The van der Waals surface area contributed by atoms with Gasteiger partial charge in [-0.15, -0.1) is 0 Å². The molecule has 3 rings (SSSR count). The van der Waals surface area contributed by atoms with Crippen LogP contribution in [-0.2, 0) is 10.8 Å². The Morgan fingerprint density at radius 1 is 0.929 bits per heavy atom. The molecule has 0 atom stereocenters. The Bertz CT molecular complexity index is 912. The van der Waals surface area contributed by atoms with Crippen molar-refractivity contribution >= 4 is 11.7 Å². The second-order valence-electron chi connectivity index (χ2n) is 8.88. The highest BCUT2D eigenvalue weighted by atomic mass is 16.3. The Balaban J connectivity index is 2.03. The molecule has 1 aliphatic rings. The number of carbonyl (C=O) groups is 2. The summed E-state index contributed by atoms with van der Waals surface area (Å²) in [6.45, 7) is 8.98. The maximum absolute atomic E-state index is 13.3. The van der Waals surface area contributed by atoms with Crippen molar-refractivity contribution in [3.05, 3.63) is 70.3 Å². The average molecular weight is 380 g/mol. The van der Waals surface area contributed by atoms with Crippen molar-refractivity contribution in [3.63, 3.8) is 0 Å². The fourth-order valence-electron chi connectivity index (χ4n) is 4.03. The van der Waals surface area contributed by atoms with Gasteiger partial charge >= 0.3 is 0 Å². The molecule has 0 spiro atoms. The molecular weight excluding hydrogens is 350 g/mol. The number of nitrogens with one attached hydrogen (secondary N) is 1. The first-order chi connectivity index (χ1) is 13.2. The molecule has 0 aliphatic heterocycles. The van der Waals surface area contributed by atoms with E-state index in [1.165, 1.54) is 11.1 Å². The fraction of sp³-hybridized carbons (Fsp3) is 0.417. The van der Waals surface area contributed by atoms with Crippen LogP contribution in [0.25, 0.3) is 0 Å². The van der Waals surface area contributed by atoms with Gasteiger partial charge in [-0.2, -0.15) is 0 Å². The molecule has 2 N–H and O–H groups in total. The lowest BCUT2D eigenvalue weighted by atomic mass is 9.63. The van der Waals surface area contributed by atoms with E-state index in [1.54, 1.807) is 24.3 Å². The van der Waals surface area contributed by atoms with Crippen molar-refractivity contribution in [2.45, 2.75) is 51.4 Å². The van der Waals surface area contributed by atoms with Crippen LogP contribution in [0.3, 0.4) is 0 Å². The number of aliphatic hydroxyl groups is 1. The van der Waals surface area contributed by atoms with Crippen molar-refractivity contribution in [3.8, 4) is 0 Å². The second-order valence-corrected chi connectivity index (χ2v) is 8.88. The first kappa shape index (κ1) is 20.3. The van der Waals surface area contributed by atoms with E-state index in [4.69, 9.17) is 5.11 Å². The molecule has 0 bridgehead atoms. The van der Waals surface area contributed by atoms with Gasteiger partial charge in [0.2, 0.25) is 0 Å². The molecule has 0 fully saturated rings. The van der Waals surface area contributed by atoms with Gasteiger partial charge in [0.15, 0.2) is 5.78 Å². The summed E-state index contributed by atoms with van der Waals surface area (Å²) >= 11 is 0. The minimum absolute atomic E-state index is 0.0131. The zero-order valence-electron chi connectivity index (χ0n) is 17.1. The third-order valence-electron chi connectivity index (χ3n) is 5.93. The van der Waals surface area contributed by atoms with Crippen molar-refractivity contribution < 1.29 is 14.7 Å². The summed E-state index contributed by atoms with van der Waals surface area (Å²) in [5.41, 5.74) is 3.94. The third kappa shape index (κ3) is 3.74. The molecule has 0 saturated carbocycles. The highest BCUT2D eigenvalue weighted by Crippen LogP contribution is 2.46. The molecule has 0 aromatic heterocycles. The minimum Gasteiger partial charge on any atom is -0.395 e. The smallest absolute Gasteiger partial charge is 0.252 e. The van der Waals surface area contributed by atoms with Crippen molar-refractivity contribution in [2.75, 3.05) is 13.2 Å². The molecule has 2 aromatic rings. The van der Waals surface area contributed by atoms with Gasteiger partial charge in [-0.05, 0) is 46.9 Å². The van der Waals surface area contributed by atoms with Crippen LogP contribution in [0.4, 0.5) is 0 Å². The molecule has 1 aliphatic carbocycles. The van der Waals surface area contributed by atoms with Crippen LogP contribution in [0.15, 0.2) is 42.5 Å². The van der Waals surface area contributed by atoms with E-state index in [9.17, 15) is 9.59 Å². The van der Waals surface area contributed by atoms with Gasteiger partial charge in [-0.1, -0.05) is 58.0 Å². The molecule has 0 saturated heterocycles. The normalized spacial score (nSPS) is 16.9. The van der Waals surface area contributed by atoms with Gasteiger partial charge in [0.05, 0.1) is 12.2 Å². The number of benzene rings is 2. The predicted octanol–water partition coefficient (Wildman–Crippen LogP) is 3.99. The fourth-order valence-corrected chi connectivity index (χ4v) is 4.03. The van der Waals surface area contributed by atoms with E-state index in [2.05, 4.69) is 39.1 Å². The lowest BCUT2D eigenvalue weighted by Gasteiger charge is -2.42. The molecule has 148 valence electrons. The Kier molecular flexibility index (Phi) is 5.44. The average Bonchev–Trinajstić information content (AvgIpc) is 2.69. The maximum atomic E-state index is 13.3. The molecule has 0 unspecified atom stereocenters. The minimum atomic E-state index is -0.350. The molecule has 4 nitrogen and oxygen atoms in total. The van der Waals surface area contributed by atoms with Crippen LogP contribution in [0.5, 0.6) is 0 Å². The first-order valence-electron chi connectivity index (χ1n) is 9.85. The Hall–Kier alpha value is -2.46. The van der Waals surface area contributed by atoms with Crippen molar-refractivity contribution in [1.29, 1.82) is 0 Å². The number of hydrogen-bond acceptors (Lipinski definition) is 3. The lowest BCUT2D eigenvalue weighted by Crippen LogP contribution is -2.34. The summed E-state index contributed by atoms with van der Waals surface area (Å²) in [5.74, 6) is -0.505. The topological polar surface area (TPSA) is 66.4 Å². The monoisotopic (exact) mass is 379 g/mol. The largest absolute Gasteiger partial charge is 0.395 e.